The molecule has 0 unspecified atom stereocenters. The smallest absolute Gasteiger partial charge is 0.341 e. The van der Waals surface area contributed by atoms with Crippen molar-refractivity contribution in [1.82, 2.24) is 10.2 Å². The van der Waals surface area contributed by atoms with Crippen LogP contribution in [-0.2, 0) is 14.3 Å². The van der Waals surface area contributed by atoms with Gasteiger partial charge in [0.05, 0.1) is 0 Å². The van der Waals surface area contributed by atoms with Crippen molar-refractivity contribution in [3.63, 3.8) is 0 Å². The molecular formula is C20H28N2O6. The SMILES string of the molecule is CCOCCCNC(=O)C1CCN(C(=O)c2cccc(OCC(=O)O)c2)CC1. The van der Waals surface area contributed by atoms with Crippen LogP contribution in [0.4, 0.5) is 0 Å². The van der Waals surface area contributed by atoms with E-state index >= 15 is 0 Å². The monoisotopic (exact) mass is 392 g/mol. The molecule has 0 aromatic heterocycles. The average molecular weight is 392 g/mol. The molecule has 1 aromatic carbocycles. The summed E-state index contributed by atoms with van der Waals surface area (Å²) in [4.78, 5) is 37.2. The van der Waals surface area contributed by atoms with Crippen LogP contribution in [0.25, 0.3) is 0 Å². The van der Waals surface area contributed by atoms with Crippen molar-refractivity contribution in [3.05, 3.63) is 29.8 Å². The van der Waals surface area contributed by atoms with Crippen LogP contribution in [0, 0.1) is 5.92 Å². The maximum absolute atomic E-state index is 12.7. The van der Waals surface area contributed by atoms with Crippen LogP contribution in [-0.4, -0.2) is 67.2 Å². The van der Waals surface area contributed by atoms with Gasteiger partial charge in [-0.2, -0.15) is 0 Å². The Labute approximate surface area is 164 Å². The van der Waals surface area contributed by atoms with Crippen LogP contribution in [0.1, 0.15) is 36.5 Å². The second-order valence-electron chi connectivity index (χ2n) is 6.62. The highest BCUT2D eigenvalue weighted by molar-refractivity contribution is 5.94. The maximum Gasteiger partial charge on any atom is 0.341 e. The first kappa shape index (κ1) is 21.7. The number of likely N-dealkylation sites (tertiary alicyclic amines) is 1. The summed E-state index contributed by atoms with van der Waals surface area (Å²) in [6, 6.07) is 6.49. The van der Waals surface area contributed by atoms with Crippen molar-refractivity contribution in [2.45, 2.75) is 26.2 Å². The number of piperidine rings is 1. The van der Waals surface area contributed by atoms with E-state index in [0.717, 1.165) is 6.42 Å². The summed E-state index contributed by atoms with van der Waals surface area (Å²) >= 11 is 0. The first-order valence-corrected chi connectivity index (χ1v) is 9.60. The normalized spacial score (nSPS) is 14.5. The fourth-order valence-electron chi connectivity index (χ4n) is 3.07. The largest absolute Gasteiger partial charge is 0.482 e. The molecule has 1 aliphatic heterocycles. The fraction of sp³-hybridized carbons (Fsp3) is 0.550. The van der Waals surface area contributed by atoms with E-state index in [0.29, 0.717) is 57.0 Å². The van der Waals surface area contributed by atoms with Gasteiger partial charge in [-0.3, -0.25) is 9.59 Å². The van der Waals surface area contributed by atoms with Crippen molar-refractivity contribution in [2.75, 3.05) is 39.5 Å². The molecule has 0 spiro atoms. The van der Waals surface area contributed by atoms with Crippen LogP contribution < -0.4 is 10.1 Å². The highest BCUT2D eigenvalue weighted by Gasteiger charge is 2.27. The van der Waals surface area contributed by atoms with Gasteiger partial charge < -0.3 is 24.8 Å². The maximum atomic E-state index is 12.7. The molecule has 2 rings (SSSR count). The van der Waals surface area contributed by atoms with E-state index in [1.165, 1.54) is 0 Å². The van der Waals surface area contributed by atoms with Gasteiger partial charge in [-0.05, 0) is 44.4 Å². The molecule has 1 heterocycles. The minimum absolute atomic E-state index is 0.0349. The number of carboxylic acid groups (broad SMARTS) is 1. The Morgan fingerprint density at radius 3 is 2.68 bits per heavy atom. The Bertz CT molecular complexity index is 670. The van der Waals surface area contributed by atoms with E-state index in [1.807, 2.05) is 6.92 Å². The second kappa shape index (κ2) is 11.3. The predicted molar refractivity (Wildman–Crippen MR) is 102 cm³/mol. The molecule has 8 heteroatoms. The molecule has 154 valence electrons. The molecule has 1 saturated heterocycles. The number of nitrogens with zero attached hydrogens (tertiary/aromatic N) is 1. The molecule has 0 bridgehead atoms. The molecule has 2 N–H and O–H groups in total. The van der Waals surface area contributed by atoms with Crippen LogP contribution >= 0.6 is 0 Å². The lowest BCUT2D eigenvalue weighted by atomic mass is 9.95. The van der Waals surface area contributed by atoms with Crippen LogP contribution in [0.15, 0.2) is 24.3 Å². The van der Waals surface area contributed by atoms with E-state index in [-0.39, 0.29) is 17.7 Å². The summed E-state index contributed by atoms with van der Waals surface area (Å²) in [6.07, 6.45) is 2.04. The number of rotatable bonds is 10. The van der Waals surface area contributed by atoms with Gasteiger partial charge in [-0.15, -0.1) is 0 Å². The molecule has 2 amide bonds. The number of carbonyl (C=O) groups is 3. The Morgan fingerprint density at radius 2 is 2.00 bits per heavy atom. The van der Waals surface area contributed by atoms with Crippen molar-refractivity contribution in [2.24, 2.45) is 5.92 Å². The van der Waals surface area contributed by atoms with E-state index in [4.69, 9.17) is 14.6 Å². The highest BCUT2D eigenvalue weighted by Crippen LogP contribution is 2.21. The topological polar surface area (TPSA) is 105 Å². The van der Waals surface area contributed by atoms with E-state index < -0.39 is 12.6 Å². The molecule has 0 atom stereocenters. The van der Waals surface area contributed by atoms with E-state index in [9.17, 15) is 14.4 Å². The summed E-state index contributed by atoms with van der Waals surface area (Å²) < 4.78 is 10.4. The first-order valence-electron chi connectivity index (χ1n) is 9.60. The third-order valence-electron chi connectivity index (χ3n) is 4.57. The molecule has 0 aliphatic carbocycles. The van der Waals surface area contributed by atoms with E-state index in [1.54, 1.807) is 29.2 Å². The fourth-order valence-corrected chi connectivity index (χ4v) is 3.07. The zero-order valence-corrected chi connectivity index (χ0v) is 16.2. The molecule has 0 radical (unpaired) electrons. The number of benzene rings is 1. The summed E-state index contributed by atoms with van der Waals surface area (Å²) in [5.41, 5.74) is 0.446. The second-order valence-corrected chi connectivity index (χ2v) is 6.62. The Balaban J connectivity index is 1.79. The zero-order valence-electron chi connectivity index (χ0n) is 16.2. The van der Waals surface area contributed by atoms with E-state index in [2.05, 4.69) is 5.32 Å². The van der Waals surface area contributed by atoms with Crippen molar-refractivity contribution >= 4 is 17.8 Å². The lowest BCUT2D eigenvalue weighted by Crippen LogP contribution is -2.43. The van der Waals surface area contributed by atoms with Gasteiger partial charge in [0.2, 0.25) is 5.91 Å². The third-order valence-corrected chi connectivity index (χ3v) is 4.57. The van der Waals surface area contributed by atoms with Gasteiger partial charge in [-0.1, -0.05) is 6.07 Å². The van der Waals surface area contributed by atoms with Crippen LogP contribution in [0.5, 0.6) is 5.75 Å². The summed E-state index contributed by atoms with van der Waals surface area (Å²) in [7, 11) is 0. The van der Waals surface area contributed by atoms with Gasteiger partial charge >= 0.3 is 5.97 Å². The van der Waals surface area contributed by atoms with Crippen molar-refractivity contribution < 1.29 is 29.0 Å². The molecule has 8 nitrogen and oxygen atoms in total. The number of carboxylic acids is 1. The lowest BCUT2D eigenvalue weighted by Gasteiger charge is -2.31. The van der Waals surface area contributed by atoms with Gasteiger partial charge in [0.15, 0.2) is 6.61 Å². The molecule has 1 fully saturated rings. The molecule has 28 heavy (non-hydrogen) atoms. The zero-order chi connectivity index (χ0) is 20.4. The Morgan fingerprint density at radius 1 is 1.25 bits per heavy atom. The van der Waals surface area contributed by atoms with Gasteiger partial charge in [-0.25, -0.2) is 4.79 Å². The van der Waals surface area contributed by atoms with Crippen molar-refractivity contribution in [1.29, 1.82) is 0 Å². The summed E-state index contributed by atoms with van der Waals surface area (Å²) in [6.45, 7) is 4.41. The number of aliphatic carboxylic acids is 1. The quantitative estimate of drug-likeness (QED) is 0.585. The van der Waals surface area contributed by atoms with Gasteiger partial charge in [0.25, 0.3) is 5.91 Å². The summed E-state index contributed by atoms with van der Waals surface area (Å²) in [5.74, 6) is -0.921. The number of hydrogen-bond donors (Lipinski definition) is 2. The molecule has 0 saturated carbocycles. The minimum Gasteiger partial charge on any atom is -0.482 e. The Kier molecular flexibility index (Phi) is 8.74. The molecular weight excluding hydrogens is 364 g/mol. The van der Waals surface area contributed by atoms with Gasteiger partial charge in [0, 0.05) is 44.3 Å². The number of hydrogen-bond acceptors (Lipinski definition) is 5. The summed E-state index contributed by atoms with van der Waals surface area (Å²) in [5, 5.41) is 11.6. The lowest BCUT2D eigenvalue weighted by molar-refractivity contribution is -0.139. The first-order chi connectivity index (χ1) is 13.5. The number of nitrogens with one attached hydrogen (secondary N) is 1. The third kappa shape index (κ3) is 6.84. The average Bonchev–Trinajstić information content (AvgIpc) is 2.71. The van der Waals surface area contributed by atoms with Crippen LogP contribution in [0.3, 0.4) is 0 Å². The number of amides is 2. The molecule has 1 aliphatic rings. The van der Waals surface area contributed by atoms with Gasteiger partial charge in [0.1, 0.15) is 5.75 Å². The van der Waals surface area contributed by atoms with Crippen molar-refractivity contribution in [3.8, 4) is 5.75 Å². The molecule has 1 aromatic rings. The highest BCUT2D eigenvalue weighted by atomic mass is 16.5. The minimum atomic E-state index is -1.07. The Hall–Kier alpha value is -2.61. The predicted octanol–water partition coefficient (Wildman–Crippen LogP) is 1.54. The van der Waals surface area contributed by atoms with Crippen LogP contribution in [0.2, 0.25) is 0 Å². The standard InChI is InChI=1S/C20H28N2O6/c1-2-27-12-4-9-21-19(25)15-7-10-22(11-8-15)20(26)16-5-3-6-17(13-16)28-14-18(23)24/h3,5-6,13,15H,2,4,7-12,14H2,1H3,(H,21,25)(H,23,24). The number of ether oxygens (including phenoxy) is 2. The number of carbonyl (C=O) groups excluding carboxylic acids is 2.